The molecule has 1 aromatic heterocycles. The number of hydrogen-bond acceptors (Lipinski definition) is 7. The average Bonchev–Trinajstić information content (AvgIpc) is 3.36. The van der Waals surface area contributed by atoms with E-state index in [4.69, 9.17) is 13.9 Å². The molecule has 7 nitrogen and oxygen atoms in total. The van der Waals surface area contributed by atoms with E-state index in [2.05, 4.69) is 37.9 Å². The van der Waals surface area contributed by atoms with Crippen molar-refractivity contribution in [1.29, 1.82) is 0 Å². The summed E-state index contributed by atoms with van der Waals surface area (Å²) in [7, 11) is 0. The van der Waals surface area contributed by atoms with E-state index in [9.17, 15) is 9.90 Å². The van der Waals surface area contributed by atoms with E-state index in [0.717, 1.165) is 54.3 Å². The number of ether oxygens (including phenoxy) is 2. The molecule has 4 aromatic rings. The number of nitrogens with zero attached hydrogens (tertiary/aromatic N) is 2. The van der Waals surface area contributed by atoms with Gasteiger partial charge in [0.2, 0.25) is 12.2 Å². The average molecular weight is 563 g/mol. The summed E-state index contributed by atoms with van der Waals surface area (Å²) in [6.07, 6.45) is 0. The first-order valence-electron chi connectivity index (χ1n) is 12.3. The molecule has 0 bridgehead atoms. The number of aryl methyl sites for hydroxylation is 1. The first-order chi connectivity index (χ1) is 18.0. The number of hydrogen-bond donors (Lipinski definition) is 1. The molecular formula is C29H27BrN2O5. The van der Waals surface area contributed by atoms with Crippen LogP contribution < -0.4 is 14.9 Å². The molecular weight excluding hydrogens is 536 g/mol. The van der Waals surface area contributed by atoms with Crippen molar-refractivity contribution in [3.8, 4) is 28.4 Å². The Bertz CT molecular complexity index is 1520. The van der Waals surface area contributed by atoms with Crippen LogP contribution in [0.5, 0.6) is 17.2 Å². The van der Waals surface area contributed by atoms with Crippen LogP contribution >= 0.6 is 15.9 Å². The molecule has 2 aliphatic rings. The standard InChI is InChI=1S/C29H27BrN2O5/c1-18-27(20-3-5-21(30)6-4-20)28(34)22-7-8-24(33)23(29(22)37-18)16-32-12-10-31(11-13-32)15-19-2-9-25-26(14-19)36-17-35-25/h2-9,14,33H,10-13,15-17H2,1H3. The highest BCUT2D eigenvalue weighted by molar-refractivity contribution is 9.10. The van der Waals surface area contributed by atoms with Crippen LogP contribution in [0.25, 0.3) is 22.1 Å². The van der Waals surface area contributed by atoms with Crippen LogP contribution in [0.15, 0.2) is 68.3 Å². The normalized spacial score (nSPS) is 15.9. The predicted molar refractivity (Wildman–Crippen MR) is 145 cm³/mol. The lowest BCUT2D eigenvalue weighted by atomic mass is 10.0. The fourth-order valence-electron chi connectivity index (χ4n) is 5.14. The van der Waals surface area contributed by atoms with Crippen molar-refractivity contribution in [2.24, 2.45) is 0 Å². The third kappa shape index (κ3) is 4.72. The van der Waals surface area contributed by atoms with Crippen LogP contribution in [0.2, 0.25) is 0 Å². The first-order valence-corrected chi connectivity index (χ1v) is 13.1. The Hall–Kier alpha value is -3.33. The van der Waals surface area contributed by atoms with Crippen molar-refractivity contribution >= 4 is 26.9 Å². The van der Waals surface area contributed by atoms with Gasteiger partial charge in [0.25, 0.3) is 0 Å². The Morgan fingerprint density at radius 3 is 2.35 bits per heavy atom. The number of aromatic hydroxyl groups is 1. The molecule has 8 heteroatoms. The van der Waals surface area contributed by atoms with Crippen molar-refractivity contribution in [3.05, 3.63) is 86.2 Å². The van der Waals surface area contributed by atoms with Crippen molar-refractivity contribution in [3.63, 3.8) is 0 Å². The third-order valence-corrected chi connectivity index (χ3v) is 7.67. The van der Waals surface area contributed by atoms with Gasteiger partial charge in [-0.05, 0) is 54.4 Å². The molecule has 0 aliphatic carbocycles. The summed E-state index contributed by atoms with van der Waals surface area (Å²) >= 11 is 3.44. The summed E-state index contributed by atoms with van der Waals surface area (Å²) in [6.45, 7) is 6.94. The number of rotatable bonds is 5. The zero-order valence-corrected chi connectivity index (χ0v) is 22.1. The number of halogens is 1. The summed E-state index contributed by atoms with van der Waals surface area (Å²) in [6, 6.07) is 17.0. The van der Waals surface area contributed by atoms with Gasteiger partial charge in [-0.1, -0.05) is 34.1 Å². The van der Waals surface area contributed by atoms with E-state index < -0.39 is 0 Å². The molecule has 0 saturated carbocycles. The Kier molecular flexibility index (Phi) is 6.40. The molecule has 3 aromatic carbocycles. The highest BCUT2D eigenvalue weighted by Crippen LogP contribution is 2.34. The van der Waals surface area contributed by atoms with E-state index in [1.54, 1.807) is 19.1 Å². The summed E-state index contributed by atoms with van der Waals surface area (Å²) in [4.78, 5) is 18.2. The minimum Gasteiger partial charge on any atom is -0.507 e. The number of phenolic OH excluding ortho intramolecular Hbond substituents is 1. The first kappa shape index (κ1) is 24.0. The highest BCUT2D eigenvalue weighted by Gasteiger charge is 2.23. The maximum atomic E-state index is 13.5. The molecule has 3 heterocycles. The molecule has 2 aliphatic heterocycles. The SMILES string of the molecule is Cc1oc2c(CN3CCN(Cc4ccc5c(c4)OCO5)CC3)c(O)ccc2c(=O)c1-c1ccc(Br)cc1. The molecule has 1 saturated heterocycles. The number of phenols is 1. The minimum atomic E-state index is -0.0872. The Morgan fingerprint density at radius 2 is 1.59 bits per heavy atom. The molecule has 190 valence electrons. The van der Waals surface area contributed by atoms with Gasteiger partial charge in [0.1, 0.15) is 17.1 Å². The van der Waals surface area contributed by atoms with Crippen LogP contribution in [0.1, 0.15) is 16.9 Å². The third-order valence-electron chi connectivity index (χ3n) is 7.14. The van der Waals surface area contributed by atoms with Crippen molar-refractivity contribution in [1.82, 2.24) is 9.80 Å². The fourth-order valence-corrected chi connectivity index (χ4v) is 5.41. The quantitative estimate of drug-likeness (QED) is 0.354. The van der Waals surface area contributed by atoms with Crippen LogP contribution in [0.3, 0.4) is 0 Å². The molecule has 1 N–H and O–H groups in total. The van der Waals surface area contributed by atoms with Gasteiger partial charge in [0.05, 0.1) is 16.5 Å². The lowest BCUT2D eigenvalue weighted by Gasteiger charge is -2.34. The fraction of sp³-hybridized carbons (Fsp3) is 0.276. The molecule has 37 heavy (non-hydrogen) atoms. The van der Waals surface area contributed by atoms with Crippen LogP contribution in [0.4, 0.5) is 0 Å². The van der Waals surface area contributed by atoms with E-state index in [-0.39, 0.29) is 18.0 Å². The minimum absolute atomic E-state index is 0.0872. The van der Waals surface area contributed by atoms with Gasteiger partial charge in [0.15, 0.2) is 11.5 Å². The second-order valence-corrected chi connectivity index (χ2v) is 10.5. The monoisotopic (exact) mass is 562 g/mol. The predicted octanol–water partition coefficient (Wildman–Crippen LogP) is 5.28. The van der Waals surface area contributed by atoms with Gasteiger partial charge < -0.3 is 19.0 Å². The van der Waals surface area contributed by atoms with E-state index >= 15 is 0 Å². The molecule has 0 amide bonds. The van der Waals surface area contributed by atoms with Gasteiger partial charge in [-0.3, -0.25) is 14.6 Å². The Morgan fingerprint density at radius 1 is 0.892 bits per heavy atom. The number of benzene rings is 3. The molecule has 0 radical (unpaired) electrons. The van der Waals surface area contributed by atoms with Crippen molar-refractivity contribution in [2.75, 3.05) is 33.0 Å². The Labute approximate surface area is 223 Å². The summed E-state index contributed by atoms with van der Waals surface area (Å²) in [5, 5.41) is 11.2. The largest absolute Gasteiger partial charge is 0.507 e. The summed E-state index contributed by atoms with van der Waals surface area (Å²) in [5.41, 5.74) is 3.59. The highest BCUT2D eigenvalue weighted by atomic mass is 79.9. The second-order valence-electron chi connectivity index (χ2n) is 9.55. The molecule has 6 rings (SSSR count). The topological polar surface area (TPSA) is 75.4 Å². The van der Waals surface area contributed by atoms with Crippen molar-refractivity contribution < 1.29 is 19.0 Å². The van der Waals surface area contributed by atoms with Crippen LogP contribution in [0, 0.1) is 6.92 Å². The lowest BCUT2D eigenvalue weighted by molar-refractivity contribution is 0.121. The van der Waals surface area contributed by atoms with Gasteiger partial charge >= 0.3 is 0 Å². The molecule has 0 unspecified atom stereocenters. The van der Waals surface area contributed by atoms with E-state index in [0.29, 0.717) is 34.4 Å². The zero-order chi connectivity index (χ0) is 25.5. The maximum Gasteiger partial charge on any atom is 0.231 e. The smallest absolute Gasteiger partial charge is 0.231 e. The van der Waals surface area contributed by atoms with Crippen molar-refractivity contribution in [2.45, 2.75) is 20.0 Å². The van der Waals surface area contributed by atoms with Gasteiger partial charge in [0, 0.05) is 43.7 Å². The molecule has 0 spiro atoms. The van der Waals surface area contributed by atoms with Gasteiger partial charge in [-0.25, -0.2) is 0 Å². The van der Waals surface area contributed by atoms with Gasteiger partial charge in [-0.15, -0.1) is 0 Å². The zero-order valence-electron chi connectivity index (χ0n) is 20.5. The van der Waals surface area contributed by atoms with Crippen LogP contribution in [-0.4, -0.2) is 47.9 Å². The summed E-state index contributed by atoms with van der Waals surface area (Å²) < 4.78 is 18.1. The molecule has 1 fully saturated rings. The Balaban J connectivity index is 1.20. The molecule has 0 atom stereocenters. The van der Waals surface area contributed by atoms with E-state index in [1.807, 2.05) is 30.3 Å². The lowest BCUT2D eigenvalue weighted by Crippen LogP contribution is -2.45. The van der Waals surface area contributed by atoms with E-state index in [1.165, 1.54) is 5.56 Å². The van der Waals surface area contributed by atoms with Crippen LogP contribution in [-0.2, 0) is 13.1 Å². The maximum absolute atomic E-state index is 13.5. The summed E-state index contributed by atoms with van der Waals surface area (Å²) in [5.74, 6) is 2.30. The second kappa shape index (κ2) is 9.85. The number of piperazine rings is 1. The number of fused-ring (bicyclic) bond motifs is 2. The van der Waals surface area contributed by atoms with Gasteiger partial charge in [-0.2, -0.15) is 0 Å².